The van der Waals surface area contributed by atoms with Gasteiger partial charge in [-0.15, -0.1) is 0 Å². The largest absolute Gasteiger partial charge is 0.444 e. The van der Waals surface area contributed by atoms with E-state index in [2.05, 4.69) is 20.9 Å². The van der Waals surface area contributed by atoms with Crippen LogP contribution in [0.5, 0.6) is 0 Å². The number of ketones is 1. The molecule has 2 aromatic heterocycles. The van der Waals surface area contributed by atoms with Gasteiger partial charge < -0.3 is 9.15 Å². The average Bonchev–Trinajstić information content (AvgIpc) is 3.34. The van der Waals surface area contributed by atoms with E-state index in [4.69, 9.17) is 9.15 Å². The Hall–Kier alpha value is -2.57. The third kappa shape index (κ3) is 4.16. The summed E-state index contributed by atoms with van der Waals surface area (Å²) in [7, 11) is 0. The van der Waals surface area contributed by atoms with Crippen molar-refractivity contribution in [3.05, 3.63) is 48.7 Å². The van der Waals surface area contributed by atoms with Crippen LogP contribution in [0.4, 0.5) is 0 Å². The maximum Gasteiger partial charge on any atom is 0.181 e. The number of rotatable bonds is 5. The van der Waals surface area contributed by atoms with Gasteiger partial charge in [-0.2, -0.15) is 0 Å². The second kappa shape index (κ2) is 8.66. The lowest BCUT2D eigenvalue weighted by molar-refractivity contribution is -0.123. The molecule has 0 N–H and O–H groups in total. The van der Waals surface area contributed by atoms with E-state index in [1.165, 1.54) is 6.39 Å². The molecule has 0 unspecified atom stereocenters. The number of carbonyl (C=O) groups excluding carboxylic acids is 1. The van der Waals surface area contributed by atoms with Gasteiger partial charge in [-0.05, 0) is 43.2 Å². The molecule has 3 heterocycles. The average molecular weight is 405 g/mol. The van der Waals surface area contributed by atoms with Gasteiger partial charge in [0.1, 0.15) is 5.78 Å². The molecule has 156 valence electrons. The van der Waals surface area contributed by atoms with Crippen LogP contribution in [0.15, 0.2) is 47.5 Å². The van der Waals surface area contributed by atoms with E-state index in [1.54, 1.807) is 6.20 Å². The minimum Gasteiger partial charge on any atom is -0.444 e. The van der Waals surface area contributed by atoms with E-state index in [9.17, 15) is 4.79 Å². The van der Waals surface area contributed by atoms with E-state index in [0.29, 0.717) is 18.2 Å². The topological polar surface area (TPSA) is 68.5 Å². The SMILES string of the molecule is O=C(Cc1cc2cc(-c3cnco3)ccc2cn1)C1CCC(N2CCOCC2)CC1. The summed E-state index contributed by atoms with van der Waals surface area (Å²) in [6.07, 6.45) is 9.62. The normalized spacial score (nSPS) is 22.9. The van der Waals surface area contributed by atoms with Crippen molar-refractivity contribution in [1.82, 2.24) is 14.9 Å². The molecule has 1 saturated heterocycles. The highest BCUT2D eigenvalue weighted by Crippen LogP contribution is 2.30. The lowest BCUT2D eigenvalue weighted by Crippen LogP contribution is -2.45. The maximum absolute atomic E-state index is 12.9. The quantitative estimate of drug-likeness (QED) is 0.641. The fraction of sp³-hybridized carbons (Fsp3) is 0.458. The van der Waals surface area contributed by atoms with Crippen molar-refractivity contribution in [2.45, 2.75) is 38.1 Å². The van der Waals surface area contributed by atoms with Crippen LogP contribution in [0.3, 0.4) is 0 Å². The minimum atomic E-state index is 0.167. The van der Waals surface area contributed by atoms with Crippen molar-refractivity contribution < 1.29 is 13.9 Å². The first kappa shape index (κ1) is 19.4. The number of hydrogen-bond acceptors (Lipinski definition) is 6. The number of nitrogens with zero attached hydrogens (tertiary/aromatic N) is 3. The summed E-state index contributed by atoms with van der Waals surface area (Å²) in [6.45, 7) is 3.73. The van der Waals surface area contributed by atoms with Crippen molar-refractivity contribution in [3.8, 4) is 11.3 Å². The first-order valence-electron chi connectivity index (χ1n) is 10.9. The predicted molar refractivity (Wildman–Crippen MR) is 114 cm³/mol. The first-order valence-corrected chi connectivity index (χ1v) is 10.9. The molecule has 0 radical (unpaired) electrons. The fourth-order valence-electron chi connectivity index (χ4n) is 4.82. The lowest BCUT2D eigenvalue weighted by atomic mass is 9.81. The van der Waals surface area contributed by atoms with Gasteiger partial charge >= 0.3 is 0 Å². The number of aromatic nitrogens is 2. The first-order chi connectivity index (χ1) is 14.8. The van der Waals surface area contributed by atoms with Gasteiger partial charge in [0, 0.05) is 54.3 Å². The van der Waals surface area contributed by atoms with Gasteiger partial charge in [-0.3, -0.25) is 14.7 Å². The van der Waals surface area contributed by atoms with Gasteiger partial charge in [-0.25, -0.2) is 4.98 Å². The Balaban J connectivity index is 1.23. The molecule has 1 aliphatic heterocycles. The van der Waals surface area contributed by atoms with Crippen LogP contribution < -0.4 is 0 Å². The molecule has 0 bridgehead atoms. The molecule has 30 heavy (non-hydrogen) atoms. The number of hydrogen-bond donors (Lipinski definition) is 0. The molecule has 2 fully saturated rings. The smallest absolute Gasteiger partial charge is 0.181 e. The summed E-state index contributed by atoms with van der Waals surface area (Å²) in [5.74, 6) is 1.23. The van der Waals surface area contributed by atoms with Crippen LogP contribution in [0.1, 0.15) is 31.4 Å². The van der Waals surface area contributed by atoms with Crippen LogP contribution in [0.2, 0.25) is 0 Å². The molecule has 2 aliphatic rings. The van der Waals surface area contributed by atoms with Crippen molar-refractivity contribution in [2.24, 2.45) is 5.92 Å². The lowest BCUT2D eigenvalue weighted by Gasteiger charge is -2.38. The summed E-state index contributed by atoms with van der Waals surface area (Å²) in [6, 6.07) is 8.75. The molecule has 6 nitrogen and oxygen atoms in total. The van der Waals surface area contributed by atoms with E-state index in [-0.39, 0.29) is 5.92 Å². The Labute approximate surface area is 176 Å². The zero-order valence-electron chi connectivity index (χ0n) is 17.1. The van der Waals surface area contributed by atoms with E-state index < -0.39 is 0 Å². The molecule has 1 aromatic carbocycles. The number of pyridine rings is 1. The maximum atomic E-state index is 12.9. The molecule has 6 heteroatoms. The number of ether oxygens (including phenoxy) is 1. The second-order valence-electron chi connectivity index (χ2n) is 8.40. The van der Waals surface area contributed by atoms with Crippen molar-refractivity contribution in [3.63, 3.8) is 0 Å². The van der Waals surface area contributed by atoms with E-state index in [1.807, 2.05) is 24.4 Å². The van der Waals surface area contributed by atoms with Gasteiger partial charge in [0.15, 0.2) is 12.2 Å². The standard InChI is InChI=1S/C24H27N3O3/c28-23(17-3-5-22(6-4-17)27-7-9-29-10-8-27)13-21-12-20-11-18(24-15-25-16-30-24)1-2-19(20)14-26-21/h1-2,11-12,14-17,22H,3-10,13H2. The highest BCUT2D eigenvalue weighted by atomic mass is 16.5. The van der Waals surface area contributed by atoms with Crippen LogP contribution in [0.25, 0.3) is 22.1 Å². The highest BCUT2D eigenvalue weighted by molar-refractivity contribution is 5.88. The van der Waals surface area contributed by atoms with E-state index in [0.717, 1.165) is 79.8 Å². The Kier molecular flexibility index (Phi) is 5.60. The molecule has 3 aromatic rings. The summed E-state index contributed by atoms with van der Waals surface area (Å²) in [5, 5.41) is 2.12. The number of oxazole rings is 1. The molecule has 0 amide bonds. The number of benzene rings is 1. The van der Waals surface area contributed by atoms with Crippen LogP contribution in [-0.2, 0) is 16.0 Å². The molecular formula is C24H27N3O3. The Morgan fingerprint density at radius 3 is 2.63 bits per heavy atom. The zero-order chi connectivity index (χ0) is 20.3. The predicted octanol–water partition coefficient (Wildman–Crippen LogP) is 3.89. The van der Waals surface area contributed by atoms with Crippen LogP contribution in [0, 0.1) is 5.92 Å². The van der Waals surface area contributed by atoms with Crippen LogP contribution >= 0.6 is 0 Å². The molecule has 5 rings (SSSR count). The van der Waals surface area contributed by atoms with Crippen molar-refractivity contribution in [2.75, 3.05) is 26.3 Å². The minimum absolute atomic E-state index is 0.167. The Bertz CT molecular complexity index is 1000. The van der Waals surface area contributed by atoms with E-state index >= 15 is 0 Å². The third-order valence-electron chi connectivity index (χ3n) is 6.56. The summed E-state index contributed by atoms with van der Waals surface area (Å²) < 4.78 is 10.9. The van der Waals surface area contributed by atoms with Gasteiger partial charge in [-0.1, -0.05) is 12.1 Å². The summed E-state index contributed by atoms with van der Waals surface area (Å²) in [5.41, 5.74) is 1.82. The summed E-state index contributed by atoms with van der Waals surface area (Å²) in [4.78, 5) is 24.0. The number of fused-ring (bicyclic) bond motifs is 1. The van der Waals surface area contributed by atoms with Crippen molar-refractivity contribution in [1.29, 1.82) is 0 Å². The van der Waals surface area contributed by atoms with Crippen molar-refractivity contribution >= 4 is 16.6 Å². The number of morpholine rings is 1. The van der Waals surface area contributed by atoms with Crippen LogP contribution in [-0.4, -0.2) is 53.0 Å². The highest BCUT2D eigenvalue weighted by Gasteiger charge is 2.30. The molecule has 0 spiro atoms. The third-order valence-corrected chi connectivity index (χ3v) is 6.56. The Morgan fingerprint density at radius 1 is 1.03 bits per heavy atom. The zero-order valence-corrected chi connectivity index (χ0v) is 17.1. The second-order valence-corrected chi connectivity index (χ2v) is 8.40. The van der Waals surface area contributed by atoms with Gasteiger partial charge in [0.2, 0.25) is 0 Å². The molecule has 1 aliphatic carbocycles. The molecular weight excluding hydrogens is 378 g/mol. The number of carbonyl (C=O) groups is 1. The van der Waals surface area contributed by atoms with Gasteiger partial charge in [0.05, 0.1) is 19.4 Å². The fourth-order valence-corrected chi connectivity index (χ4v) is 4.82. The molecule has 0 atom stereocenters. The Morgan fingerprint density at radius 2 is 1.87 bits per heavy atom. The van der Waals surface area contributed by atoms with Gasteiger partial charge in [0.25, 0.3) is 0 Å². The molecule has 1 saturated carbocycles. The number of Topliss-reactive ketones (excluding diaryl/α,β-unsaturated/α-hetero) is 1. The monoisotopic (exact) mass is 405 g/mol. The summed E-state index contributed by atoms with van der Waals surface area (Å²) >= 11 is 0.